The van der Waals surface area contributed by atoms with Crippen molar-refractivity contribution in [3.05, 3.63) is 64.0 Å². The second kappa shape index (κ2) is 5.95. The monoisotopic (exact) mass is 257 g/mol. The molecule has 0 amide bonds. The van der Waals surface area contributed by atoms with E-state index in [1.807, 2.05) is 18.3 Å². The van der Waals surface area contributed by atoms with Gasteiger partial charge in [0.1, 0.15) is 0 Å². The van der Waals surface area contributed by atoms with Gasteiger partial charge in [-0.05, 0) is 37.1 Å². The highest BCUT2D eigenvalue weighted by Gasteiger charge is 2.09. The number of nitro benzene ring substituents is 1. The zero-order valence-electron chi connectivity index (χ0n) is 10.7. The highest BCUT2D eigenvalue weighted by molar-refractivity contribution is 5.53. The predicted octanol–water partition coefficient (Wildman–Crippen LogP) is 2.95. The fourth-order valence-electron chi connectivity index (χ4n) is 1.87. The molecular weight excluding hydrogens is 242 g/mol. The number of hydrogen-bond acceptors (Lipinski definition) is 4. The number of benzene rings is 1. The van der Waals surface area contributed by atoms with Crippen LogP contribution in [-0.2, 0) is 6.42 Å². The summed E-state index contributed by atoms with van der Waals surface area (Å²) >= 11 is 0. The Balaban J connectivity index is 1.93. The van der Waals surface area contributed by atoms with Crippen LogP contribution in [0.15, 0.2) is 42.7 Å². The Kier molecular flexibility index (Phi) is 4.07. The largest absolute Gasteiger partial charge is 0.385 e. The summed E-state index contributed by atoms with van der Waals surface area (Å²) in [7, 11) is 0. The predicted molar refractivity (Wildman–Crippen MR) is 74.3 cm³/mol. The third-order valence-corrected chi connectivity index (χ3v) is 2.86. The second-order valence-corrected chi connectivity index (χ2v) is 4.30. The Morgan fingerprint density at radius 2 is 2.21 bits per heavy atom. The van der Waals surface area contributed by atoms with E-state index in [0.717, 1.165) is 24.2 Å². The third-order valence-electron chi connectivity index (χ3n) is 2.86. The lowest BCUT2D eigenvalue weighted by atomic mass is 10.1. The summed E-state index contributed by atoms with van der Waals surface area (Å²) in [6.45, 7) is 2.51. The maximum atomic E-state index is 10.7. The van der Waals surface area contributed by atoms with Crippen LogP contribution in [0.4, 0.5) is 11.4 Å². The van der Waals surface area contributed by atoms with E-state index in [1.165, 1.54) is 6.07 Å². The van der Waals surface area contributed by atoms with Gasteiger partial charge in [0.15, 0.2) is 0 Å². The summed E-state index contributed by atoms with van der Waals surface area (Å²) in [4.78, 5) is 14.4. The molecule has 0 spiro atoms. The van der Waals surface area contributed by atoms with E-state index in [0.29, 0.717) is 5.56 Å². The SMILES string of the molecule is Cc1cc(NCCc2cccnc2)ccc1[N+](=O)[O-]. The average Bonchev–Trinajstić information content (AvgIpc) is 2.39. The highest BCUT2D eigenvalue weighted by Crippen LogP contribution is 2.21. The van der Waals surface area contributed by atoms with Crippen molar-refractivity contribution in [2.45, 2.75) is 13.3 Å². The fraction of sp³-hybridized carbons (Fsp3) is 0.214. The topological polar surface area (TPSA) is 68.1 Å². The summed E-state index contributed by atoms with van der Waals surface area (Å²) in [5, 5.41) is 14.0. The van der Waals surface area contributed by atoms with Crippen LogP contribution in [-0.4, -0.2) is 16.5 Å². The lowest BCUT2D eigenvalue weighted by Crippen LogP contribution is -2.05. The van der Waals surface area contributed by atoms with Crippen molar-refractivity contribution >= 4 is 11.4 Å². The number of nitrogens with zero attached hydrogens (tertiary/aromatic N) is 2. The van der Waals surface area contributed by atoms with Gasteiger partial charge in [0.25, 0.3) is 5.69 Å². The molecule has 19 heavy (non-hydrogen) atoms. The molecule has 0 saturated heterocycles. The number of nitrogens with one attached hydrogen (secondary N) is 1. The van der Waals surface area contributed by atoms with Crippen LogP contribution in [0.2, 0.25) is 0 Å². The zero-order valence-corrected chi connectivity index (χ0v) is 10.7. The van der Waals surface area contributed by atoms with Gasteiger partial charge in [-0.2, -0.15) is 0 Å². The Hall–Kier alpha value is -2.43. The standard InChI is InChI=1S/C14H15N3O2/c1-11-9-13(4-5-14(11)17(18)19)16-8-6-12-3-2-7-15-10-12/h2-5,7,9-10,16H,6,8H2,1H3. The summed E-state index contributed by atoms with van der Waals surface area (Å²) in [5.41, 5.74) is 2.87. The van der Waals surface area contributed by atoms with Gasteiger partial charge >= 0.3 is 0 Å². The Morgan fingerprint density at radius 3 is 2.84 bits per heavy atom. The van der Waals surface area contributed by atoms with Crippen molar-refractivity contribution < 1.29 is 4.92 Å². The van der Waals surface area contributed by atoms with Crippen LogP contribution in [0, 0.1) is 17.0 Å². The van der Waals surface area contributed by atoms with Crippen molar-refractivity contribution in [2.24, 2.45) is 0 Å². The molecule has 0 atom stereocenters. The Labute approximate surface area is 111 Å². The minimum absolute atomic E-state index is 0.151. The number of aromatic nitrogens is 1. The Morgan fingerprint density at radius 1 is 1.37 bits per heavy atom. The molecule has 0 fully saturated rings. The molecule has 0 unspecified atom stereocenters. The van der Waals surface area contributed by atoms with E-state index in [2.05, 4.69) is 10.3 Å². The maximum absolute atomic E-state index is 10.7. The smallest absolute Gasteiger partial charge is 0.272 e. The third kappa shape index (κ3) is 3.51. The molecule has 2 aromatic rings. The molecule has 2 rings (SSSR count). The molecule has 0 aliphatic heterocycles. The van der Waals surface area contributed by atoms with Crippen LogP contribution < -0.4 is 5.32 Å². The average molecular weight is 257 g/mol. The van der Waals surface area contributed by atoms with Crippen LogP contribution in [0.1, 0.15) is 11.1 Å². The van der Waals surface area contributed by atoms with Crippen molar-refractivity contribution in [3.63, 3.8) is 0 Å². The van der Waals surface area contributed by atoms with E-state index in [-0.39, 0.29) is 10.6 Å². The van der Waals surface area contributed by atoms with Gasteiger partial charge in [0, 0.05) is 36.3 Å². The summed E-state index contributed by atoms with van der Waals surface area (Å²) in [6, 6.07) is 8.98. The van der Waals surface area contributed by atoms with Gasteiger partial charge in [0.05, 0.1) is 4.92 Å². The number of pyridine rings is 1. The van der Waals surface area contributed by atoms with E-state index in [9.17, 15) is 10.1 Å². The van der Waals surface area contributed by atoms with Gasteiger partial charge < -0.3 is 5.32 Å². The number of rotatable bonds is 5. The summed E-state index contributed by atoms with van der Waals surface area (Å²) in [6.07, 6.45) is 4.45. The molecule has 0 aliphatic rings. The van der Waals surface area contributed by atoms with Gasteiger partial charge in [-0.1, -0.05) is 6.07 Å². The highest BCUT2D eigenvalue weighted by atomic mass is 16.6. The van der Waals surface area contributed by atoms with Gasteiger partial charge in [-0.15, -0.1) is 0 Å². The molecule has 1 aromatic carbocycles. The van der Waals surface area contributed by atoms with Crippen molar-refractivity contribution in [3.8, 4) is 0 Å². The quantitative estimate of drug-likeness (QED) is 0.660. The number of hydrogen-bond donors (Lipinski definition) is 1. The van der Waals surface area contributed by atoms with Crippen molar-refractivity contribution in [1.82, 2.24) is 4.98 Å². The minimum Gasteiger partial charge on any atom is -0.385 e. The number of nitro groups is 1. The number of aryl methyl sites for hydroxylation is 1. The molecule has 98 valence electrons. The van der Waals surface area contributed by atoms with Crippen molar-refractivity contribution in [2.75, 3.05) is 11.9 Å². The first kappa shape index (κ1) is 13.0. The normalized spacial score (nSPS) is 10.2. The lowest BCUT2D eigenvalue weighted by molar-refractivity contribution is -0.385. The first-order valence-electron chi connectivity index (χ1n) is 6.04. The molecule has 5 heteroatoms. The van der Waals surface area contributed by atoms with E-state index < -0.39 is 0 Å². The van der Waals surface area contributed by atoms with Crippen molar-refractivity contribution in [1.29, 1.82) is 0 Å². The summed E-state index contributed by atoms with van der Waals surface area (Å²) in [5.74, 6) is 0. The Bertz CT molecular complexity index is 570. The molecular formula is C14H15N3O2. The zero-order chi connectivity index (χ0) is 13.7. The van der Waals surface area contributed by atoms with Crippen LogP contribution in [0.25, 0.3) is 0 Å². The maximum Gasteiger partial charge on any atom is 0.272 e. The molecule has 0 aliphatic carbocycles. The molecule has 0 radical (unpaired) electrons. The molecule has 0 bridgehead atoms. The minimum atomic E-state index is -0.366. The molecule has 1 heterocycles. The van der Waals surface area contributed by atoms with Crippen LogP contribution >= 0.6 is 0 Å². The van der Waals surface area contributed by atoms with Gasteiger partial charge in [-0.3, -0.25) is 15.1 Å². The van der Waals surface area contributed by atoms with Crippen LogP contribution in [0.3, 0.4) is 0 Å². The first-order chi connectivity index (χ1) is 9.16. The molecule has 5 nitrogen and oxygen atoms in total. The molecule has 1 N–H and O–H groups in total. The van der Waals surface area contributed by atoms with Crippen LogP contribution in [0.5, 0.6) is 0 Å². The number of anilines is 1. The van der Waals surface area contributed by atoms with E-state index in [1.54, 1.807) is 25.3 Å². The van der Waals surface area contributed by atoms with Gasteiger partial charge in [0.2, 0.25) is 0 Å². The summed E-state index contributed by atoms with van der Waals surface area (Å²) < 4.78 is 0. The molecule has 0 saturated carbocycles. The lowest BCUT2D eigenvalue weighted by Gasteiger charge is -2.07. The first-order valence-corrected chi connectivity index (χ1v) is 6.04. The fourth-order valence-corrected chi connectivity index (χ4v) is 1.87. The molecule has 1 aromatic heterocycles. The second-order valence-electron chi connectivity index (χ2n) is 4.30. The van der Waals surface area contributed by atoms with E-state index in [4.69, 9.17) is 0 Å². The van der Waals surface area contributed by atoms with Gasteiger partial charge in [-0.25, -0.2) is 0 Å². The van der Waals surface area contributed by atoms with E-state index >= 15 is 0 Å².